The molecule has 0 bridgehead atoms. The molecule has 1 aromatic carbocycles. The number of hydrogen-bond donors (Lipinski definition) is 3. The number of aromatic amines is 1. The summed E-state index contributed by atoms with van der Waals surface area (Å²) < 4.78 is 0. The minimum Gasteiger partial charge on any atom is -0.369 e. The largest absolute Gasteiger partial charge is 0.369 e. The fourth-order valence-corrected chi connectivity index (χ4v) is 2.04. The molecule has 1 aliphatic rings. The molecule has 4 heteroatoms. The number of nitrogens with zero attached hydrogens (tertiary/aromatic N) is 1. The highest BCUT2D eigenvalue weighted by Gasteiger charge is 2.23. The van der Waals surface area contributed by atoms with Crippen molar-refractivity contribution in [3.05, 3.63) is 47.5 Å². The maximum absolute atomic E-state index is 9.96. The van der Waals surface area contributed by atoms with Crippen molar-refractivity contribution in [2.24, 2.45) is 0 Å². The molecule has 86 valence electrons. The number of imidazole rings is 1. The molecular formula is C13H13N3O. The Morgan fingerprint density at radius 3 is 2.94 bits per heavy atom. The van der Waals surface area contributed by atoms with Gasteiger partial charge < -0.3 is 15.4 Å². The van der Waals surface area contributed by atoms with Gasteiger partial charge in [0.05, 0.1) is 0 Å². The van der Waals surface area contributed by atoms with Crippen LogP contribution in [0, 0.1) is 6.92 Å². The van der Waals surface area contributed by atoms with Crippen LogP contribution in [-0.2, 0) is 0 Å². The van der Waals surface area contributed by atoms with Crippen LogP contribution in [0.3, 0.4) is 0 Å². The van der Waals surface area contributed by atoms with Gasteiger partial charge in [-0.2, -0.15) is 0 Å². The Balaban J connectivity index is 2.06. The van der Waals surface area contributed by atoms with Gasteiger partial charge in [0.1, 0.15) is 5.82 Å². The summed E-state index contributed by atoms with van der Waals surface area (Å²) in [4.78, 5) is 7.34. The van der Waals surface area contributed by atoms with Crippen LogP contribution < -0.4 is 5.32 Å². The van der Waals surface area contributed by atoms with Crippen molar-refractivity contribution in [3.63, 3.8) is 0 Å². The number of aliphatic hydroxyl groups is 1. The second-order valence-corrected chi connectivity index (χ2v) is 4.14. The highest BCUT2D eigenvalue weighted by molar-refractivity contribution is 5.93. The molecule has 0 spiro atoms. The third-order valence-electron chi connectivity index (χ3n) is 2.84. The van der Waals surface area contributed by atoms with E-state index in [0.29, 0.717) is 0 Å². The van der Waals surface area contributed by atoms with Gasteiger partial charge in [-0.25, -0.2) is 4.98 Å². The summed E-state index contributed by atoms with van der Waals surface area (Å²) in [6, 6.07) is 7.84. The first-order valence-electron chi connectivity index (χ1n) is 5.51. The van der Waals surface area contributed by atoms with E-state index < -0.39 is 6.23 Å². The third kappa shape index (κ3) is 1.72. The molecule has 0 amide bonds. The lowest BCUT2D eigenvalue weighted by Gasteiger charge is -2.04. The standard InChI is InChI=1S/C13H13N3O/c1-8-7-14-12(15-8)6-10-9-4-2-3-5-11(9)16-13(10)17/h2-7,13,16-17H,1H3,(H,14,15). The zero-order chi connectivity index (χ0) is 11.8. The zero-order valence-corrected chi connectivity index (χ0v) is 9.44. The molecule has 3 N–H and O–H groups in total. The summed E-state index contributed by atoms with van der Waals surface area (Å²) in [6.45, 7) is 1.95. The Kier molecular flexibility index (Phi) is 2.23. The van der Waals surface area contributed by atoms with Crippen LogP contribution in [0.25, 0.3) is 11.6 Å². The number of H-pyrrole nitrogens is 1. The molecule has 0 saturated heterocycles. The average Bonchev–Trinajstić information content (AvgIpc) is 2.85. The predicted molar refractivity (Wildman–Crippen MR) is 67.3 cm³/mol. The number of nitrogens with one attached hydrogen (secondary N) is 2. The zero-order valence-electron chi connectivity index (χ0n) is 9.44. The highest BCUT2D eigenvalue weighted by Crippen LogP contribution is 2.34. The second kappa shape index (κ2) is 3.75. The Hall–Kier alpha value is -2.07. The predicted octanol–water partition coefficient (Wildman–Crippen LogP) is 2.00. The number of para-hydroxylation sites is 1. The number of aromatic nitrogens is 2. The topological polar surface area (TPSA) is 60.9 Å². The lowest BCUT2D eigenvalue weighted by molar-refractivity contribution is 0.266. The Labute approximate surface area is 99.0 Å². The number of hydrogen-bond acceptors (Lipinski definition) is 3. The van der Waals surface area contributed by atoms with Crippen molar-refractivity contribution in [2.75, 3.05) is 5.32 Å². The van der Waals surface area contributed by atoms with E-state index in [1.807, 2.05) is 37.3 Å². The van der Waals surface area contributed by atoms with Crippen LogP contribution in [-0.4, -0.2) is 21.3 Å². The normalized spacial score (nSPS) is 20.4. The molecule has 0 aliphatic carbocycles. The maximum Gasteiger partial charge on any atom is 0.151 e. The van der Waals surface area contributed by atoms with Crippen LogP contribution in [0.1, 0.15) is 17.1 Å². The average molecular weight is 227 g/mol. The van der Waals surface area contributed by atoms with Gasteiger partial charge >= 0.3 is 0 Å². The van der Waals surface area contributed by atoms with E-state index in [2.05, 4.69) is 15.3 Å². The molecule has 1 aromatic heterocycles. The first-order chi connectivity index (χ1) is 8.24. The minimum atomic E-state index is -0.669. The second-order valence-electron chi connectivity index (χ2n) is 4.14. The SMILES string of the molecule is Cc1cnc(C=C2c3ccccc3NC2O)[nH]1. The summed E-state index contributed by atoms with van der Waals surface area (Å²) in [5, 5.41) is 13.0. The molecule has 3 rings (SSSR count). The number of benzene rings is 1. The lowest BCUT2D eigenvalue weighted by Crippen LogP contribution is -2.12. The quantitative estimate of drug-likeness (QED) is 0.698. The van der Waals surface area contributed by atoms with Crippen LogP contribution in [0.2, 0.25) is 0 Å². The Morgan fingerprint density at radius 1 is 1.35 bits per heavy atom. The molecule has 0 fully saturated rings. The van der Waals surface area contributed by atoms with E-state index in [9.17, 15) is 5.11 Å². The number of anilines is 1. The molecule has 17 heavy (non-hydrogen) atoms. The number of aryl methyl sites for hydroxylation is 1. The van der Waals surface area contributed by atoms with E-state index >= 15 is 0 Å². The van der Waals surface area contributed by atoms with Gasteiger partial charge in [-0.05, 0) is 19.1 Å². The van der Waals surface area contributed by atoms with E-state index in [1.54, 1.807) is 6.20 Å². The highest BCUT2D eigenvalue weighted by atomic mass is 16.3. The third-order valence-corrected chi connectivity index (χ3v) is 2.84. The van der Waals surface area contributed by atoms with Crippen LogP contribution >= 0.6 is 0 Å². The summed E-state index contributed by atoms with van der Waals surface area (Å²) in [7, 11) is 0. The van der Waals surface area contributed by atoms with Crippen molar-refractivity contribution in [1.82, 2.24) is 9.97 Å². The van der Waals surface area contributed by atoms with E-state index in [-0.39, 0.29) is 0 Å². The van der Waals surface area contributed by atoms with Crippen molar-refractivity contribution in [2.45, 2.75) is 13.2 Å². The smallest absolute Gasteiger partial charge is 0.151 e. The van der Waals surface area contributed by atoms with Gasteiger partial charge in [-0.1, -0.05) is 18.2 Å². The minimum absolute atomic E-state index is 0.669. The molecule has 1 unspecified atom stereocenters. The monoisotopic (exact) mass is 227 g/mol. The van der Waals surface area contributed by atoms with Crippen LogP contribution in [0.4, 0.5) is 5.69 Å². The number of aliphatic hydroxyl groups excluding tert-OH is 1. The fourth-order valence-electron chi connectivity index (χ4n) is 2.04. The first-order valence-corrected chi connectivity index (χ1v) is 5.51. The number of fused-ring (bicyclic) bond motifs is 1. The van der Waals surface area contributed by atoms with Gasteiger partial charge in [0.15, 0.2) is 6.23 Å². The Bertz CT molecular complexity index is 586. The van der Waals surface area contributed by atoms with Gasteiger partial charge in [0, 0.05) is 28.7 Å². The molecule has 2 aromatic rings. The van der Waals surface area contributed by atoms with Crippen LogP contribution in [0.15, 0.2) is 30.5 Å². The summed E-state index contributed by atoms with van der Waals surface area (Å²) in [5.74, 6) is 0.759. The molecule has 4 nitrogen and oxygen atoms in total. The molecule has 2 heterocycles. The summed E-state index contributed by atoms with van der Waals surface area (Å²) >= 11 is 0. The van der Waals surface area contributed by atoms with Crippen molar-refractivity contribution in [1.29, 1.82) is 0 Å². The first kappa shape index (κ1) is 10.1. The van der Waals surface area contributed by atoms with Crippen molar-refractivity contribution < 1.29 is 5.11 Å². The molecule has 1 atom stereocenters. The summed E-state index contributed by atoms with van der Waals surface area (Å²) in [6.07, 6.45) is 2.97. The van der Waals surface area contributed by atoms with Gasteiger partial charge in [-0.3, -0.25) is 0 Å². The Morgan fingerprint density at radius 2 is 2.18 bits per heavy atom. The van der Waals surface area contributed by atoms with E-state index in [1.165, 1.54) is 0 Å². The van der Waals surface area contributed by atoms with Crippen molar-refractivity contribution >= 4 is 17.3 Å². The fraction of sp³-hybridized carbons (Fsp3) is 0.154. The van der Waals surface area contributed by atoms with Gasteiger partial charge in [-0.15, -0.1) is 0 Å². The number of rotatable bonds is 1. The van der Waals surface area contributed by atoms with Gasteiger partial charge in [0.2, 0.25) is 0 Å². The van der Waals surface area contributed by atoms with Crippen LogP contribution in [0.5, 0.6) is 0 Å². The molecule has 0 radical (unpaired) electrons. The lowest BCUT2D eigenvalue weighted by atomic mass is 10.1. The molecule has 0 saturated carbocycles. The molecule has 1 aliphatic heterocycles. The molecular weight excluding hydrogens is 214 g/mol. The van der Waals surface area contributed by atoms with E-state index in [4.69, 9.17) is 0 Å². The van der Waals surface area contributed by atoms with E-state index in [0.717, 1.165) is 28.3 Å². The van der Waals surface area contributed by atoms with Gasteiger partial charge in [0.25, 0.3) is 0 Å². The maximum atomic E-state index is 9.96. The van der Waals surface area contributed by atoms with Crippen molar-refractivity contribution in [3.8, 4) is 0 Å². The summed E-state index contributed by atoms with van der Waals surface area (Å²) in [5.41, 5.74) is 3.82.